The Bertz CT molecular complexity index is 351. The van der Waals surface area contributed by atoms with Crippen LogP contribution in [0.15, 0.2) is 0 Å². The number of nitrogens with zero attached hydrogens (tertiary/aromatic N) is 2. The normalized spacial score (nSPS) is 34.2. The van der Waals surface area contributed by atoms with Crippen molar-refractivity contribution in [3.05, 3.63) is 0 Å². The summed E-state index contributed by atoms with van der Waals surface area (Å²) in [5, 5.41) is 0. The molecule has 2 fully saturated rings. The molecule has 0 aromatic carbocycles. The summed E-state index contributed by atoms with van der Waals surface area (Å²) in [6.07, 6.45) is 1.40. The summed E-state index contributed by atoms with van der Waals surface area (Å²) >= 11 is 0. The molecule has 2 rings (SSSR count). The Kier molecular flexibility index (Phi) is 2.04. The monoisotopic (exact) mass is 229 g/mol. The predicted molar refractivity (Wildman–Crippen MR) is 62.4 cm³/mol. The molecule has 1 amide bonds. The fourth-order valence-corrected chi connectivity index (χ4v) is 2.52. The van der Waals surface area contributed by atoms with Crippen LogP contribution in [0.4, 0.5) is 4.79 Å². The number of piperazine rings is 1. The molecule has 2 saturated heterocycles. The van der Waals surface area contributed by atoms with E-state index in [9.17, 15) is 4.79 Å². The molecule has 92 valence electrons. The molecule has 0 spiro atoms. The molecule has 0 aromatic heterocycles. The van der Waals surface area contributed by atoms with Gasteiger partial charge < -0.3 is 9.64 Å². The smallest absolute Gasteiger partial charge is 0.410 e. The highest BCUT2D eigenvalue weighted by Gasteiger charge is 2.43. The van der Waals surface area contributed by atoms with E-state index in [0.717, 1.165) is 12.8 Å². The molecule has 2 aliphatic rings. The first kappa shape index (κ1) is 8.34. The lowest BCUT2D eigenvalue weighted by Gasteiger charge is -2.39. The third-order valence-corrected chi connectivity index (χ3v) is 3.09. The second-order valence-electron chi connectivity index (χ2n) is 5.68. The van der Waals surface area contributed by atoms with Gasteiger partial charge in [-0.25, -0.2) is 4.79 Å². The lowest BCUT2D eigenvalue weighted by molar-refractivity contribution is -0.00115. The van der Waals surface area contributed by atoms with Gasteiger partial charge >= 0.3 is 6.09 Å². The van der Waals surface area contributed by atoms with Crippen LogP contribution in [0, 0.1) is 0 Å². The zero-order valence-corrected chi connectivity index (χ0v) is 10.2. The molecule has 16 heavy (non-hydrogen) atoms. The minimum absolute atomic E-state index is 0.0333. The Balaban J connectivity index is 2.05. The summed E-state index contributed by atoms with van der Waals surface area (Å²) in [7, 11) is 0. The number of carbonyl (C=O) groups excluding carboxylic acids is 1. The van der Waals surface area contributed by atoms with Crippen LogP contribution in [0.1, 0.15) is 37.7 Å². The van der Waals surface area contributed by atoms with Crippen molar-refractivity contribution in [2.24, 2.45) is 0 Å². The van der Waals surface area contributed by atoms with E-state index in [1.54, 1.807) is 4.90 Å². The minimum Gasteiger partial charge on any atom is -0.444 e. The Labute approximate surface area is 102 Å². The van der Waals surface area contributed by atoms with Gasteiger partial charge in [-0.1, -0.05) is 0 Å². The van der Waals surface area contributed by atoms with Crippen molar-refractivity contribution in [2.45, 2.75) is 51.3 Å². The summed E-state index contributed by atoms with van der Waals surface area (Å²) in [5.74, 6) is 0. The number of rotatable bonds is 0. The molecule has 2 atom stereocenters. The standard InChI is InChI=1S/C12H22N2O2/c1-12(2,3)16-11(15)14-9-5-6-10(14)8-13(4)7-9/h9-10H,5-8H2,1-4H3/t9-,10+/i4D3. The van der Waals surface area contributed by atoms with Crippen molar-refractivity contribution >= 4 is 6.09 Å². The van der Waals surface area contributed by atoms with Crippen LogP contribution in [-0.4, -0.2) is 53.6 Å². The summed E-state index contributed by atoms with van der Waals surface area (Å²) in [5.41, 5.74) is -0.516. The highest BCUT2D eigenvalue weighted by atomic mass is 16.6. The van der Waals surface area contributed by atoms with E-state index in [2.05, 4.69) is 0 Å². The van der Waals surface area contributed by atoms with Crippen LogP contribution < -0.4 is 0 Å². The van der Waals surface area contributed by atoms with Crippen LogP contribution >= 0.6 is 0 Å². The maximum atomic E-state index is 12.2. The second kappa shape index (κ2) is 3.91. The molecule has 2 aliphatic heterocycles. The number of ether oxygens (including phenoxy) is 1. The molecule has 2 heterocycles. The Morgan fingerprint density at radius 1 is 1.31 bits per heavy atom. The molecule has 0 radical (unpaired) electrons. The van der Waals surface area contributed by atoms with Crippen molar-refractivity contribution in [3.63, 3.8) is 0 Å². The third kappa shape index (κ3) is 2.32. The molecular weight excluding hydrogens is 204 g/mol. The first-order valence-electron chi connectivity index (χ1n) is 7.34. The molecule has 0 unspecified atom stereocenters. The lowest BCUT2D eigenvalue weighted by Crippen LogP contribution is -2.55. The number of amides is 1. The number of hydrogen-bond donors (Lipinski definition) is 0. The van der Waals surface area contributed by atoms with E-state index in [0.29, 0.717) is 13.1 Å². The van der Waals surface area contributed by atoms with E-state index >= 15 is 0 Å². The van der Waals surface area contributed by atoms with Crippen LogP contribution in [0.5, 0.6) is 0 Å². The van der Waals surface area contributed by atoms with Crippen molar-refractivity contribution < 1.29 is 13.6 Å². The zero-order valence-electron chi connectivity index (χ0n) is 13.2. The highest BCUT2D eigenvalue weighted by Crippen LogP contribution is 2.30. The number of hydrogen-bond acceptors (Lipinski definition) is 3. The molecule has 0 aromatic rings. The Hall–Kier alpha value is -0.770. The van der Waals surface area contributed by atoms with E-state index in [4.69, 9.17) is 8.85 Å². The molecule has 4 nitrogen and oxygen atoms in total. The fraction of sp³-hybridized carbons (Fsp3) is 0.917. The summed E-state index contributed by atoms with van der Waals surface area (Å²) in [6, 6.07) is -0.0666. The van der Waals surface area contributed by atoms with Gasteiger partial charge in [-0.3, -0.25) is 4.90 Å². The van der Waals surface area contributed by atoms with Crippen molar-refractivity contribution in [2.75, 3.05) is 20.1 Å². The second-order valence-corrected chi connectivity index (χ2v) is 5.68. The van der Waals surface area contributed by atoms with Gasteiger partial charge in [0.15, 0.2) is 0 Å². The summed E-state index contributed by atoms with van der Waals surface area (Å²) < 4.78 is 27.8. The van der Waals surface area contributed by atoms with E-state index in [-0.39, 0.29) is 18.2 Å². The maximum Gasteiger partial charge on any atom is 0.410 e. The third-order valence-electron chi connectivity index (χ3n) is 3.09. The molecule has 0 saturated carbocycles. The van der Waals surface area contributed by atoms with Crippen LogP contribution in [0.3, 0.4) is 0 Å². The molecular formula is C12H22N2O2. The van der Waals surface area contributed by atoms with E-state index < -0.39 is 12.6 Å². The molecule has 4 heteroatoms. The Morgan fingerprint density at radius 2 is 1.88 bits per heavy atom. The number of likely N-dealkylation sites (N-methyl/N-ethyl adjacent to an activating group) is 1. The molecule has 0 aliphatic carbocycles. The van der Waals surface area contributed by atoms with Gasteiger partial charge in [-0.15, -0.1) is 0 Å². The molecule has 2 bridgehead atoms. The van der Waals surface area contributed by atoms with Gasteiger partial charge in [0.2, 0.25) is 0 Å². The van der Waals surface area contributed by atoms with Crippen LogP contribution in [0.2, 0.25) is 0 Å². The van der Waals surface area contributed by atoms with Gasteiger partial charge in [0.1, 0.15) is 5.60 Å². The summed E-state index contributed by atoms with van der Waals surface area (Å²) in [6.45, 7) is 4.27. The van der Waals surface area contributed by atoms with Crippen LogP contribution in [0.25, 0.3) is 0 Å². The SMILES string of the molecule is [2H]C([2H])([2H])N1C[C@H]2CC[C@@H](C1)N2C(=O)OC(C)(C)C. The van der Waals surface area contributed by atoms with Gasteiger partial charge in [-0.2, -0.15) is 0 Å². The quantitative estimate of drug-likeness (QED) is 0.634. The Morgan fingerprint density at radius 3 is 2.31 bits per heavy atom. The molecule has 0 N–H and O–H groups in total. The maximum absolute atomic E-state index is 12.2. The average molecular weight is 229 g/mol. The van der Waals surface area contributed by atoms with Gasteiger partial charge in [0.05, 0.1) is 0 Å². The highest BCUT2D eigenvalue weighted by molar-refractivity contribution is 5.69. The van der Waals surface area contributed by atoms with Gasteiger partial charge in [0, 0.05) is 29.3 Å². The topological polar surface area (TPSA) is 32.8 Å². The van der Waals surface area contributed by atoms with E-state index in [1.807, 2.05) is 20.8 Å². The number of fused-ring (bicyclic) bond motifs is 2. The fourth-order valence-electron chi connectivity index (χ4n) is 2.52. The predicted octanol–water partition coefficient (Wildman–Crippen LogP) is 1.70. The van der Waals surface area contributed by atoms with Crippen molar-refractivity contribution in [1.29, 1.82) is 0 Å². The van der Waals surface area contributed by atoms with E-state index in [1.165, 1.54) is 4.90 Å². The summed E-state index contributed by atoms with van der Waals surface area (Å²) in [4.78, 5) is 15.4. The number of carbonyl (C=O) groups is 1. The zero-order chi connectivity index (χ0) is 14.4. The van der Waals surface area contributed by atoms with Crippen LogP contribution in [-0.2, 0) is 4.74 Å². The van der Waals surface area contributed by atoms with Gasteiger partial charge in [-0.05, 0) is 40.6 Å². The first-order valence-corrected chi connectivity index (χ1v) is 5.84. The first-order chi connectivity index (χ1) is 8.58. The minimum atomic E-state index is -2.07. The van der Waals surface area contributed by atoms with Crippen molar-refractivity contribution in [3.8, 4) is 0 Å². The van der Waals surface area contributed by atoms with Gasteiger partial charge in [0.25, 0.3) is 0 Å². The largest absolute Gasteiger partial charge is 0.444 e. The van der Waals surface area contributed by atoms with Crippen molar-refractivity contribution in [1.82, 2.24) is 9.80 Å². The average Bonchev–Trinajstić information content (AvgIpc) is 2.45. The lowest BCUT2D eigenvalue weighted by atomic mass is 10.2. The number of likely N-dealkylation sites (tertiary alicyclic amines) is 1.